The summed E-state index contributed by atoms with van der Waals surface area (Å²) >= 11 is 0. The van der Waals surface area contributed by atoms with Crippen LogP contribution >= 0.6 is 0 Å². The van der Waals surface area contributed by atoms with Gasteiger partial charge in [-0.15, -0.1) is 0 Å². The molecule has 0 rings (SSSR count). The highest BCUT2D eigenvalue weighted by atomic mass is 16.3. The van der Waals surface area contributed by atoms with Gasteiger partial charge >= 0.3 is 0 Å². The van der Waals surface area contributed by atoms with Crippen molar-refractivity contribution in [1.29, 1.82) is 0 Å². The molecule has 0 saturated heterocycles. The molecule has 74 valence electrons. The van der Waals surface area contributed by atoms with Crippen LogP contribution in [0.2, 0.25) is 0 Å². The Hall–Kier alpha value is -0.0800. The van der Waals surface area contributed by atoms with Crippen LogP contribution in [0, 0.1) is 0 Å². The summed E-state index contributed by atoms with van der Waals surface area (Å²) in [5.41, 5.74) is -0.509. The van der Waals surface area contributed by atoms with E-state index in [0.717, 1.165) is 32.5 Å². The molecular weight excluding hydrogens is 150 g/mol. The van der Waals surface area contributed by atoms with Gasteiger partial charge in [0.15, 0.2) is 0 Å². The summed E-state index contributed by atoms with van der Waals surface area (Å²) in [6.07, 6.45) is 1.99. The van der Waals surface area contributed by atoms with Gasteiger partial charge in [-0.2, -0.15) is 0 Å². The second-order valence-corrected chi connectivity index (χ2v) is 3.72. The lowest BCUT2D eigenvalue weighted by atomic mass is 10.0. The Balaban J connectivity index is 3.83. The van der Waals surface area contributed by atoms with Crippen molar-refractivity contribution in [3.05, 3.63) is 0 Å². The number of rotatable bonds is 6. The highest BCUT2D eigenvalue weighted by molar-refractivity contribution is 4.74. The first kappa shape index (κ1) is 11.9. The second-order valence-electron chi connectivity index (χ2n) is 3.72. The number of nitrogens with zero attached hydrogens (tertiary/aromatic N) is 1. The van der Waals surface area contributed by atoms with E-state index in [9.17, 15) is 5.11 Å². The summed E-state index contributed by atoms with van der Waals surface area (Å²) < 4.78 is 0. The zero-order chi connectivity index (χ0) is 9.61. The van der Waals surface area contributed by atoms with Crippen molar-refractivity contribution in [2.75, 3.05) is 19.6 Å². The minimum absolute atomic E-state index is 0.509. The van der Waals surface area contributed by atoms with Crippen LogP contribution in [0.5, 0.6) is 0 Å². The van der Waals surface area contributed by atoms with Crippen molar-refractivity contribution in [2.45, 2.75) is 46.1 Å². The highest BCUT2D eigenvalue weighted by Gasteiger charge is 2.20. The van der Waals surface area contributed by atoms with E-state index in [2.05, 4.69) is 18.7 Å². The minimum Gasteiger partial charge on any atom is -0.389 e. The lowest BCUT2D eigenvalue weighted by Crippen LogP contribution is -2.40. The predicted molar refractivity (Wildman–Crippen MR) is 53.3 cm³/mol. The molecule has 0 aromatic rings. The van der Waals surface area contributed by atoms with Gasteiger partial charge in [0, 0.05) is 6.54 Å². The summed E-state index contributed by atoms with van der Waals surface area (Å²) in [7, 11) is 0. The number of likely N-dealkylation sites (N-methyl/N-ethyl adjacent to an activating group) is 1. The quantitative estimate of drug-likeness (QED) is 0.663. The third kappa shape index (κ3) is 4.73. The summed E-state index contributed by atoms with van der Waals surface area (Å²) in [4.78, 5) is 2.30. The predicted octanol–water partition coefficient (Wildman–Crippen LogP) is 1.88. The van der Waals surface area contributed by atoms with E-state index in [1.54, 1.807) is 0 Å². The second kappa shape index (κ2) is 5.55. The topological polar surface area (TPSA) is 23.5 Å². The largest absolute Gasteiger partial charge is 0.389 e. The van der Waals surface area contributed by atoms with Crippen LogP contribution in [-0.4, -0.2) is 35.2 Å². The van der Waals surface area contributed by atoms with E-state index in [-0.39, 0.29) is 0 Å². The molecule has 0 aliphatic rings. The molecule has 0 amide bonds. The summed E-state index contributed by atoms with van der Waals surface area (Å²) in [5.74, 6) is 0. The van der Waals surface area contributed by atoms with Gasteiger partial charge in [0.1, 0.15) is 0 Å². The van der Waals surface area contributed by atoms with Gasteiger partial charge in [-0.25, -0.2) is 0 Å². The van der Waals surface area contributed by atoms with Crippen molar-refractivity contribution < 1.29 is 5.11 Å². The van der Waals surface area contributed by atoms with Crippen LogP contribution in [0.25, 0.3) is 0 Å². The van der Waals surface area contributed by atoms with Gasteiger partial charge in [-0.05, 0) is 32.9 Å². The van der Waals surface area contributed by atoms with Gasteiger partial charge in [0.25, 0.3) is 0 Å². The fourth-order valence-electron chi connectivity index (χ4n) is 1.26. The Morgan fingerprint density at radius 1 is 1.25 bits per heavy atom. The molecule has 0 bridgehead atoms. The summed E-state index contributed by atoms with van der Waals surface area (Å²) in [6.45, 7) is 11.2. The third-order valence-corrected chi connectivity index (χ3v) is 2.31. The Kier molecular flexibility index (Phi) is 5.51. The maximum atomic E-state index is 9.81. The maximum absolute atomic E-state index is 9.81. The van der Waals surface area contributed by atoms with Crippen LogP contribution in [0.1, 0.15) is 40.5 Å². The maximum Gasteiger partial charge on any atom is 0.0743 e. The zero-order valence-electron chi connectivity index (χ0n) is 8.93. The Bertz CT molecular complexity index is 112. The van der Waals surface area contributed by atoms with Crippen LogP contribution in [0.3, 0.4) is 0 Å². The van der Waals surface area contributed by atoms with Gasteiger partial charge in [0.05, 0.1) is 5.60 Å². The average Bonchev–Trinajstić information content (AvgIpc) is 2.03. The van der Waals surface area contributed by atoms with E-state index in [1.165, 1.54) is 0 Å². The Morgan fingerprint density at radius 3 is 2.17 bits per heavy atom. The molecule has 2 nitrogen and oxygen atoms in total. The Labute approximate surface area is 76.6 Å². The minimum atomic E-state index is -0.509. The fourth-order valence-corrected chi connectivity index (χ4v) is 1.26. The number of hydrogen-bond donors (Lipinski definition) is 1. The molecule has 0 aromatic carbocycles. The molecule has 2 heteroatoms. The molecule has 0 aliphatic heterocycles. The van der Waals surface area contributed by atoms with Crippen molar-refractivity contribution >= 4 is 0 Å². The van der Waals surface area contributed by atoms with Gasteiger partial charge in [-0.1, -0.05) is 20.8 Å². The molecule has 1 unspecified atom stereocenters. The van der Waals surface area contributed by atoms with Crippen LogP contribution in [0.15, 0.2) is 0 Å². The zero-order valence-corrected chi connectivity index (χ0v) is 8.93. The number of aliphatic hydroxyl groups is 1. The van der Waals surface area contributed by atoms with Crippen molar-refractivity contribution in [2.24, 2.45) is 0 Å². The van der Waals surface area contributed by atoms with E-state index in [0.29, 0.717) is 0 Å². The number of hydrogen-bond acceptors (Lipinski definition) is 2. The molecule has 0 saturated carbocycles. The highest BCUT2D eigenvalue weighted by Crippen LogP contribution is 2.10. The third-order valence-electron chi connectivity index (χ3n) is 2.31. The van der Waals surface area contributed by atoms with E-state index >= 15 is 0 Å². The summed E-state index contributed by atoms with van der Waals surface area (Å²) in [5, 5.41) is 9.81. The van der Waals surface area contributed by atoms with E-state index < -0.39 is 5.60 Å². The van der Waals surface area contributed by atoms with Gasteiger partial charge in [0.2, 0.25) is 0 Å². The van der Waals surface area contributed by atoms with Crippen LogP contribution in [0.4, 0.5) is 0 Å². The van der Waals surface area contributed by atoms with E-state index in [4.69, 9.17) is 0 Å². The molecule has 1 N–H and O–H groups in total. The first-order valence-electron chi connectivity index (χ1n) is 5.00. The molecule has 12 heavy (non-hydrogen) atoms. The van der Waals surface area contributed by atoms with E-state index in [1.807, 2.05) is 13.8 Å². The monoisotopic (exact) mass is 173 g/mol. The van der Waals surface area contributed by atoms with Crippen molar-refractivity contribution in [3.63, 3.8) is 0 Å². The van der Waals surface area contributed by atoms with Crippen LogP contribution < -0.4 is 0 Å². The normalized spacial score (nSPS) is 16.5. The standard InChI is InChI=1S/C10H23NO/c1-5-8-11(7-3)9-10(4,12)6-2/h12H,5-9H2,1-4H3. The smallest absolute Gasteiger partial charge is 0.0743 e. The van der Waals surface area contributed by atoms with Crippen LogP contribution in [-0.2, 0) is 0 Å². The van der Waals surface area contributed by atoms with Gasteiger partial charge in [-0.3, -0.25) is 0 Å². The molecule has 1 atom stereocenters. The molecule has 0 aliphatic carbocycles. The van der Waals surface area contributed by atoms with Crippen molar-refractivity contribution in [3.8, 4) is 0 Å². The fraction of sp³-hybridized carbons (Fsp3) is 1.00. The average molecular weight is 173 g/mol. The molecular formula is C10H23NO. The molecule has 0 radical (unpaired) electrons. The molecule has 0 fully saturated rings. The Morgan fingerprint density at radius 2 is 1.83 bits per heavy atom. The lowest BCUT2D eigenvalue weighted by molar-refractivity contribution is 0.0178. The lowest BCUT2D eigenvalue weighted by Gasteiger charge is -2.29. The molecule has 0 spiro atoms. The molecule has 0 heterocycles. The van der Waals surface area contributed by atoms with Crippen molar-refractivity contribution in [1.82, 2.24) is 4.90 Å². The first-order valence-corrected chi connectivity index (χ1v) is 5.00. The summed E-state index contributed by atoms with van der Waals surface area (Å²) in [6, 6.07) is 0. The van der Waals surface area contributed by atoms with Gasteiger partial charge < -0.3 is 10.0 Å². The first-order chi connectivity index (χ1) is 5.55. The SMILES string of the molecule is CCCN(CC)CC(C)(O)CC. The molecule has 0 aromatic heterocycles.